The molecule has 0 unspecified atom stereocenters. The molecule has 4 heteroatoms. The van der Waals surface area contributed by atoms with Crippen molar-refractivity contribution >= 4 is 5.91 Å². The highest BCUT2D eigenvalue weighted by Gasteiger charge is 2.17. The molecule has 1 aliphatic heterocycles. The van der Waals surface area contributed by atoms with E-state index in [1.165, 1.54) is 0 Å². The van der Waals surface area contributed by atoms with Gasteiger partial charge in [-0.1, -0.05) is 0 Å². The number of carbonyl (C=O) groups excluding carboxylic acids is 1. The van der Waals surface area contributed by atoms with Gasteiger partial charge in [-0.2, -0.15) is 0 Å². The monoisotopic (exact) mass is 171 g/mol. The minimum Gasteiger partial charge on any atom is -0.340 e. The standard InChI is InChI=1S/C8H17N3O/c1-8(12)11-5-3-10(4-6-11)7-9-2/h9H,3-7H2,1-2H3. The Bertz CT molecular complexity index is 152. The highest BCUT2D eigenvalue weighted by molar-refractivity contribution is 5.73. The number of nitrogens with one attached hydrogen (secondary N) is 1. The Morgan fingerprint density at radius 3 is 2.33 bits per heavy atom. The number of hydrogen-bond donors (Lipinski definition) is 1. The summed E-state index contributed by atoms with van der Waals surface area (Å²) in [6.07, 6.45) is 0. The maximum Gasteiger partial charge on any atom is 0.219 e. The molecular weight excluding hydrogens is 154 g/mol. The zero-order valence-corrected chi connectivity index (χ0v) is 7.84. The lowest BCUT2D eigenvalue weighted by atomic mass is 10.3. The summed E-state index contributed by atoms with van der Waals surface area (Å²) in [6.45, 7) is 6.27. The third-order valence-corrected chi connectivity index (χ3v) is 2.20. The smallest absolute Gasteiger partial charge is 0.219 e. The number of carbonyl (C=O) groups is 1. The molecular formula is C8H17N3O. The second-order valence-electron chi connectivity index (χ2n) is 3.14. The van der Waals surface area contributed by atoms with E-state index in [-0.39, 0.29) is 5.91 Å². The first-order chi connectivity index (χ1) is 5.74. The first-order valence-electron chi connectivity index (χ1n) is 4.36. The van der Waals surface area contributed by atoms with Gasteiger partial charge in [-0.05, 0) is 7.05 Å². The Balaban J connectivity index is 2.25. The number of rotatable bonds is 2. The van der Waals surface area contributed by atoms with Gasteiger partial charge in [0, 0.05) is 39.8 Å². The van der Waals surface area contributed by atoms with Crippen molar-refractivity contribution in [2.75, 3.05) is 39.9 Å². The molecule has 1 N–H and O–H groups in total. The Labute approximate surface area is 73.5 Å². The Hall–Kier alpha value is -0.610. The van der Waals surface area contributed by atoms with Crippen LogP contribution >= 0.6 is 0 Å². The molecule has 1 fully saturated rings. The van der Waals surface area contributed by atoms with Crippen molar-refractivity contribution in [1.82, 2.24) is 15.1 Å². The number of piperazine rings is 1. The number of hydrogen-bond acceptors (Lipinski definition) is 3. The topological polar surface area (TPSA) is 35.6 Å². The average Bonchev–Trinajstić information content (AvgIpc) is 2.06. The molecule has 0 aromatic heterocycles. The van der Waals surface area contributed by atoms with Gasteiger partial charge in [0.05, 0.1) is 0 Å². The highest BCUT2D eigenvalue weighted by Crippen LogP contribution is 1.99. The lowest BCUT2D eigenvalue weighted by Gasteiger charge is -2.33. The number of nitrogens with zero attached hydrogens (tertiary/aromatic N) is 2. The van der Waals surface area contributed by atoms with Crippen LogP contribution in [0.2, 0.25) is 0 Å². The van der Waals surface area contributed by atoms with Gasteiger partial charge in [-0.3, -0.25) is 9.69 Å². The summed E-state index contributed by atoms with van der Waals surface area (Å²) in [7, 11) is 1.94. The van der Waals surface area contributed by atoms with Crippen molar-refractivity contribution in [2.45, 2.75) is 6.92 Å². The van der Waals surface area contributed by atoms with E-state index in [0.717, 1.165) is 32.8 Å². The molecule has 0 aromatic carbocycles. The molecule has 12 heavy (non-hydrogen) atoms. The first kappa shape index (κ1) is 9.48. The second-order valence-corrected chi connectivity index (χ2v) is 3.14. The lowest BCUT2D eigenvalue weighted by molar-refractivity contribution is -0.130. The lowest BCUT2D eigenvalue weighted by Crippen LogP contribution is -2.49. The molecule has 0 saturated carbocycles. The van der Waals surface area contributed by atoms with Crippen molar-refractivity contribution in [3.05, 3.63) is 0 Å². The Kier molecular flexibility index (Phi) is 3.49. The highest BCUT2D eigenvalue weighted by atomic mass is 16.2. The SMILES string of the molecule is CNCN1CCN(C(C)=O)CC1. The summed E-state index contributed by atoms with van der Waals surface area (Å²) in [6, 6.07) is 0. The molecule has 70 valence electrons. The molecule has 1 amide bonds. The summed E-state index contributed by atoms with van der Waals surface area (Å²) in [5, 5.41) is 3.10. The Morgan fingerprint density at radius 2 is 1.92 bits per heavy atom. The predicted molar refractivity (Wildman–Crippen MR) is 47.8 cm³/mol. The van der Waals surface area contributed by atoms with Crippen LogP contribution in [0.4, 0.5) is 0 Å². The summed E-state index contributed by atoms with van der Waals surface area (Å²) < 4.78 is 0. The summed E-state index contributed by atoms with van der Waals surface area (Å²) in [5.41, 5.74) is 0. The van der Waals surface area contributed by atoms with E-state index in [9.17, 15) is 4.79 Å². The van der Waals surface area contributed by atoms with E-state index < -0.39 is 0 Å². The van der Waals surface area contributed by atoms with Crippen LogP contribution in [-0.2, 0) is 4.79 Å². The first-order valence-corrected chi connectivity index (χ1v) is 4.36. The third kappa shape index (κ3) is 2.46. The molecule has 0 spiro atoms. The normalized spacial score (nSPS) is 19.7. The van der Waals surface area contributed by atoms with E-state index in [0.29, 0.717) is 0 Å². The van der Waals surface area contributed by atoms with Crippen molar-refractivity contribution in [1.29, 1.82) is 0 Å². The zero-order valence-electron chi connectivity index (χ0n) is 7.84. The van der Waals surface area contributed by atoms with Gasteiger partial charge in [0.1, 0.15) is 0 Å². The van der Waals surface area contributed by atoms with Crippen molar-refractivity contribution in [3.63, 3.8) is 0 Å². The van der Waals surface area contributed by atoms with Crippen LogP contribution in [0.25, 0.3) is 0 Å². The molecule has 1 saturated heterocycles. The molecule has 0 aliphatic carbocycles. The maximum atomic E-state index is 11.0. The van der Waals surface area contributed by atoms with Gasteiger partial charge in [0.25, 0.3) is 0 Å². The van der Waals surface area contributed by atoms with Crippen LogP contribution in [0, 0.1) is 0 Å². The molecule has 1 heterocycles. The minimum absolute atomic E-state index is 0.194. The second kappa shape index (κ2) is 4.42. The molecule has 0 aromatic rings. The van der Waals surface area contributed by atoms with Crippen LogP contribution in [0.5, 0.6) is 0 Å². The van der Waals surface area contributed by atoms with Crippen molar-refractivity contribution < 1.29 is 4.79 Å². The van der Waals surface area contributed by atoms with E-state index in [2.05, 4.69) is 10.2 Å². The van der Waals surface area contributed by atoms with E-state index in [1.807, 2.05) is 11.9 Å². The fourth-order valence-corrected chi connectivity index (χ4v) is 1.44. The van der Waals surface area contributed by atoms with Crippen molar-refractivity contribution in [3.8, 4) is 0 Å². The van der Waals surface area contributed by atoms with E-state index >= 15 is 0 Å². The summed E-state index contributed by atoms with van der Waals surface area (Å²) >= 11 is 0. The zero-order chi connectivity index (χ0) is 8.97. The summed E-state index contributed by atoms with van der Waals surface area (Å²) in [4.78, 5) is 15.2. The van der Waals surface area contributed by atoms with Gasteiger partial charge < -0.3 is 10.2 Å². The minimum atomic E-state index is 0.194. The van der Waals surface area contributed by atoms with E-state index in [4.69, 9.17) is 0 Å². The van der Waals surface area contributed by atoms with Crippen LogP contribution in [0.15, 0.2) is 0 Å². The van der Waals surface area contributed by atoms with Gasteiger partial charge in [-0.25, -0.2) is 0 Å². The molecule has 0 atom stereocenters. The van der Waals surface area contributed by atoms with Crippen LogP contribution in [0.3, 0.4) is 0 Å². The predicted octanol–water partition coefficient (Wildman–Crippen LogP) is -0.673. The molecule has 0 radical (unpaired) electrons. The van der Waals surface area contributed by atoms with Gasteiger partial charge in [0.15, 0.2) is 0 Å². The van der Waals surface area contributed by atoms with Crippen molar-refractivity contribution in [2.24, 2.45) is 0 Å². The van der Waals surface area contributed by atoms with Gasteiger partial charge in [-0.15, -0.1) is 0 Å². The largest absolute Gasteiger partial charge is 0.340 e. The van der Waals surface area contributed by atoms with Gasteiger partial charge in [0.2, 0.25) is 5.91 Å². The fourth-order valence-electron chi connectivity index (χ4n) is 1.44. The molecule has 1 aliphatic rings. The third-order valence-electron chi connectivity index (χ3n) is 2.20. The van der Waals surface area contributed by atoms with E-state index in [1.54, 1.807) is 6.92 Å². The Morgan fingerprint density at radius 1 is 1.33 bits per heavy atom. The molecule has 0 bridgehead atoms. The van der Waals surface area contributed by atoms with Crippen LogP contribution in [-0.4, -0.2) is 55.6 Å². The van der Waals surface area contributed by atoms with Crippen LogP contribution < -0.4 is 5.32 Å². The van der Waals surface area contributed by atoms with Crippen LogP contribution in [0.1, 0.15) is 6.92 Å². The average molecular weight is 171 g/mol. The maximum absolute atomic E-state index is 11.0. The fraction of sp³-hybridized carbons (Fsp3) is 0.875. The summed E-state index contributed by atoms with van der Waals surface area (Å²) in [5.74, 6) is 0.194. The van der Waals surface area contributed by atoms with Gasteiger partial charge >= 0.3 is 0 Å². The quantitative estimate of drug-likeness (QED) is 0.598. The number of amides is 1. The molecule has 4 nitrogen and oxygen atoms in total. The molecule has 1 rings (SSSR count).